The first-order chi connectivity index (χ1) is 16.1. The number of pyridine rings is 1. The normalized spacial score (nSPS) is 11.5. The molecule has 4 aromatic rings. The van der Waals surface area contributed by atoms with Crippen LogP contribution in [0.3, 0.4) is 0 Å². The second kappa shape index (κ2) is 8.99. The number of methoxy groups -OCH3 is 2. The van der Waals surface area contributed by atoms with Crippen LogP contribution in [0.15, 0.2) is 42.6 Å². The van der Waals surface area contributed by atoms with Crippen LogP contribution in [-0.4, -0.2) is 39.7 Å². The van der Waals surface area contributed by atoms with E-state index in [2.05, 4.69) is 20.4 Å². The Morgan fingerprint density at radius 3 is 2.47 bits per heavy atom. The summed E-state index contributed by atoms with van der Waals surface area (Å²) in [7, 11) is 2.83. The highest BCUT2D eigenvalue weighted by Gasteiger charge is 2.37. The Hall–Kier alpha value is -3.57. The SMILES string of the molecule is COc1ccc(-c2cc(C(F)(F)F)n3nc(C(=O)Nc4cccnc4Cl)c(Cl)c3n2)cc1OC. The molecule has 0 aliphatic carbocycles. The second-order valence-corrected chi connectivity index (χ2v) is 7.52. The molecule has 0 unspecified atom stereocenters. The Labute approximate surface area is 200 Å². The van der Waals surface area contributed by atoms with Crippen molar-refractivity contribution in [1.29, 1.82) is 0 Å². The molecule has 0 spiro atoms. The van der Waals surface area contributed by atoms with Gasteiger partial charge in [-0.15, -0.1) is 0 Å². The third-order valence-corrected chi connectivity index (χ3v) is 5.37. The fourth-order valence-corrected chi connectivity index (χ4v) is 3.56. The topological polar surface area (TPSA) is 90.6 Å². The number of hydrogen-bond acceptors (Lipinski definition) is 6. The number of fused-ring (bicyclic) bond motifs is 1. The Morgan fingerprint density at radius 1 is 1.09 bits per heavy atom. The molecule has 1 aromatic carbocycles. The number of nitrogens with zero attached hydrogens (tertiary/aromatic N) is 4. The smallest absolute Gasteiger partial charge is 0.433 e. The lowest BCUT2D eigenvalue weighted by molar-refractivity contribution is -0.142. The van der Waals surface area contributed by atoms with E-state index >= 15 is 0 Å². The predicted molar refractivity (Wildman–Crippen MR) is 119 cm³/mol. The highest BCUT2D eigenvalue weighted by atomic mass is 35.5. The Morgan fingerprint density at radius 2 is 1.82 bits per heavy atom. The number of alkyl halides is 3. The van der Waals surface area contributed by atoms with E-state index in [1.54, 1.807) is 0 Å². The van der Waals surface area contributed by atoms with E-state index in [9.17, 15) is 18.0 Å². The van der Waals surface area contributed by atoms with E-state index in [4.69, 9.17) is 32.7 Å². The van der Waals surface area contributed by atoms with Gasteiger partial charge in [0.1, 0.15) is 5.02 Å². The van der Waals surface area contributed by atoms with Crippen LogP contribution in [0, 0.1) is 0 Å². The van der Waals surface area contributed by atoms with E-state index in [0.29, 0.717) is 21.6 Å². The van der Waals surface area contributed by atoms with Crippen LogP contribution in [0.2, 0.25) is 10.2 Å². The summed E-state index contributed by atoms with van der Waals surface area (Å²) in [6.07, 6.45) is -3.42. The van der Waals surface area contributed by atoms with Crippen molar-refractivity contribution in [2.45, 2.75) is 6.18 Å². The van der Waals surface area contributed by atoms with Crippen LogP contribution in [0.5, 0.6) is 11.5 Å². The average Bonchev–Trinajstić information content (AvgIpc) is 3.15. The molecule has 34 heavy (non-hydrogen) atoms. The van der Waals surface area contributed by atoms with Crippen molar-refractivity contribution in [3.8, 4) is 22.8 Å². The molecule has 0 aliphatic rings. The molecule has 0 saturated heterocycles. The fraction of sp³-hybridized carbons (Fsp3) is 0.143. The van der Waals surface area contributed by atoms with Gasteiger partial charge in [0.2, 0.25) is 0 Å². The third-order valence-electron chi connectivity index (χ3n) is 4.72. The van der Waals surface area contributed by atoms with Crippen LogP contribution in [0.25, 0.3) is 16.9 Å². The predicted octanol–water partition coefficient (Wildman–Crippen LogP) is 5.39. The molecule has 0 atom stereocenters. The first-order valence-electron chi connectivity index (χ1n) is 9.44. The number of anilines is 1. The molecular formula is C21H14Cl2F3N5O3. The number of ether oxygens (including phenoxy) is 2. The number of halogens is 5. The molecule has 176 valence electrons. The van der Waals surface area contributed by atoms with Gasteiger partial charge < -0.3 is 14.8 Å². The number of aromatic nitrogens is 4. The maximum absolute atomic E-state index is 13.9. The lowest BCUT2D eigenvalue weighted by atomic mass is 10.1. The van der Waals surface area contributed by atoms with Crippen LogP contribution in [0.4, 0.5) is 18.9 Å². The van der Waals surface area contributed by atoms with Crippen molar-refractivity contribution < 1.29 is 27.4 Å². The second-order valence-electron chi connectivity index (χ2n) is 6.79. The minimum Gasteiger partial charge on any atom is -0.493 e. The molecule has 8 nitrogen and oxygen atoms in total. The number of rotatable bonds is 5. The largest absolute Gasteiger partial charge is 0.493 e. The van der Waals surface area contributed by atoms with Gasteiger partial charge in [0.05, 0.1) is 25.6 Å². The third kappa shape index (κ3) is 4.31. The van der Waals surface area contributed by atoms with E-state index in [1.807, 2.05) is 0 Å². The molecule has 0 radical (unpaired) electrons. The van der Waals surface area contributed by atoms with Crippen molar-refractivity contribution in [1.82, 2.24) is 19.6 Å². The molecule has 0 fully saturated rings. The Bertz CT molecular complexity index is 1410. The Kier molecular flexibility index (Phi) is 6.24. The van der Waals surface area contributed by atoms with Gasteiger partial charge >= 0.3 is 6.18 Å². The van der Waals surface area contributed by atoms with Crippen molar-refractivity contribution in [3.05, 3.63) is 64.2 Å². The number of amides is 1. The van der Waals surface area contributed by atoms with Crippen LogP contribution in [0.1, 0.15) is 16.2 Å². The molecule has 1 N–H and O–H groups in total. The standard InChI is InChI=1S/C21H14Cl2F3N5O3/c1-33-13-6-5-10(8-14(13)34-2)12-9-15(21(24,25)26)31-19(28-12)16(22)17(30-31)20(32)29-11-4-3-7-27-18(11)23/h3-9H,1-2H3,(H,29,32). The van der Waals surface area contributed by atoms with Crippen LogP contribution >= 0.6 is 23.2 Å². The lowest BCUT2D eigenvalue weighted by Crippen LogP contribution is -2.16. The number of carbonyl (C=O) groups is 1. The molecule has 4 rings (SSSR count). The molecule has 3 heterocycles. The molecule has 1 amide bonds. The van der Waals surface area contributed by atoms with Gasteiger partial charge in [0, 0.05) is 11.8 Å². The average molecular weight is 512 g/mol. The zero-order chi connectivity index (χ0) is 24.6. The quantitative estimate of drug-likeness (QED) is 0.361. The van der Waals surface area contributed by atoms with Crippen LogP contribution < -0.4 is 14.8 Å². The summed E-state index contributed by atoms with van der Waals surface area (Å²) < 4.78 is 52.6. The lowest BCUT2D eigenvalue weighted by Gasteiger charge is -2.12. The first kappa shape index (κ1) is 23.6. The number of benzene rings is 1. The summed E-state index contributed by atoms with van der Waals surface area (Å²) in [6.45, 7) is 0. The molecule has 3 aromatic heterocycles. The molecular weight excluding hydrogens is 498 g/mol. The highest BCUT2D eigenvalue weighted by molar-refractivity contribution is 6.37. The maximum Gasteiger partial charge on any atom is 0.433 e. The van der Waals surface area contributed by atoms with E-state index in [-0.39, 0.29) is 27.2 Å². The summed E-state index contributed by atoms with van der Waals surface area (Å²) in [5, 5.41) is 5.83. The summed E-state index contributed by atoms with van der Waals surface area (Å²) >= 11 is 12.2. The number of hydrogen-bond donors (Lipinski definition) is 1. The zero-order valence-electron chi connectivity index (χ0n) is 17.4. The van der Waals surface area contributed by atoms with Gasteiger partial charge in [-0.2, -0.15) is 18.3 Å². The number of nitrogens with one attached hydrogen (secondary N) is 1. The highest BCUT2D eigenvalue weighted by Crippen LogP contribution is 2.37. The van der Waals surface area contributed by atoms with Crippen molar-refractivity contribution in [2.75, 3.05) is 19.5 Å². The first-order valence-corrected chi connectivity index (χ1v) is 10.2. The summed E-state index contributed by atoms with van der Waals surface area (Å²) in [6, 6.07) is 8.30. The van der Waals surface area contributed by atoms with Gasteiger partial charge in [-0.1, -0.05) is 23.2 Å². The molecule has 0 aliphatic heterocycles. The summed E-state index contributed by atoms with van der Waals surface area (Å²) in [5.41, 5.74) is -1.63. The maximum atomic E-state index is 13.9. The van der Waals surface area contributed by atoms with Crippen LogP contribution in [-0.2, 0) is 6.18 Å². The fourth-order valence-electron chi connectivity index (χ4n) is 3.14. The zero-order valence-corrected chi connectivity index (χ0v) is 19.0. The van der Waals surface area contributed by atoms with Crippen molar-refractivity contribution >= 4 is 40.4 Å². The molecule has 13 heteroatoms. The number of carbonyl (C=O) groups excluding carboxylic acids is 1. The van der Waals surface area contributed by atoms with Crippen molar-refractivity contribution in [2.24, 2.45) is 0 Å². The summed E-state index contributed by atoms with van der Waals surface area (Å²) in [4.78, 5) is 20.8. The Balaban J connectivity index is 1.86. The van der Waals surface area contributed by atoms with E-state index < -0.39 is 23.5 Å². The van der Waals surface area contributed by atoms with E-state index in [1.165, 1.54) is 50.7 Å². The molecule has 0 bridgehead atoms. The monoisotopic (exact) mass is 511 g/mol. The van der Waals surface area contributed by atoms with Gasteiger partial charge in [-0.3, -0.25) is 4.79 Å². The van der Waals surface area contributed by atoms with Gasteiger partial charge in [-0.05, 0) is 36.4 Å². The van der Waals surface area contributed by atoms with Gasteiger partial charge in [0.15, 0.2) is 33.7 Å². The molecule has 0 saturated carbocycles. The minimum absolute atomic E-state index is 0.0134. The van der Waals surface area contributed by atoms with Gasteiger partial charge in [0.25, 0.3) is 5.91 Å². The summed E-state index contributed by atoms with van der Waals surface area (Å²) in [5.74, 6) is -0.201. The van der Waals surface area contributed by atoms with E-state index in [0.717, 1.165) is 6.07 Å². The van der Waals surface area contributed by atoms with Gasteiger partial charge in [-0.25, -0.2) is 14.5 Å². The van der Waals surface area contributed by atoms with Crippen molar-refractivity contribution in [3.63, 3.8) is 0 Å². The minimum atomic E-state index is -4.83.